The van der Waals surface area contributed by atoms with Crippen molar-refractivity contribution >= 4 is 11.3 Å². The number of nitrogens with one attached hydrogen (secondary N) is 1. The molecule has 0 aromatic carbocycles. The maximum atomic E-state index is 3.21. The first-order valence-electron chi connectivity index (χ1n) is 5.08. The van der Waals surface area contributed by atoms with Crippen molar-refractivity contribution in [2.45, 2.75) is 26.2 Å². The Bertz CT molecular complexity index is 317. The highest BCUT2D eigenvalue weighted by atomic mass is 32.1. The standard InChI is InChI=1S/C12H17NS/c1-3-4-6-11-8-10-14-12(11)7-5-9-13-2/h8,10,13H,3-4,6,9H2,1-2H3. The summed E-state index contributed by atoms with van der Waals surface area (Å²) in [6.45, 7) is 2.99. The summed E-state index contributed by atoms with van der Waals surface area (Å²) >= 11 is 1.75. The molecule has 0 saturated carbocycles. The quantitative estimate of drug-likeness (QED) is 0.748. The van der Waals surface area contributed by atoms with Gasteiger partial charge in [0.05, 0.1) is 11.4 Å². The summed E-state index contributed by atoms with van der Waals surface area (Å²) in [4.78, 5) is 1.24. The van der Waals surface area contributed by atoms with E-state index in [4.69, 9.17) is 0 Å². The lowest BCUT2D eigenvalue weighted by Gasteiger charge is -1.95. The van der Waals surface area contributed by atoms with Crippen LogP contribution in [-0.4, -0.2) is 13.6 Å². The summed E-state index contributed by atoms with van der Waals surface area (Å²) in [5, 5.41) is 5.16. The van der Waals surface area contributed by atoms with Crippen LogP contribution in [0.25, 0.3) is 0 Å². The maximum Gasteiger partial charge on any atom is 0.0800 e. The molecule has 0 atom stereocenters. The fraction of sp³-hybridized carbons (Fsp3) is 0.500. The topological polar surface area (TPSA) is 12.0 Å². The van der Waals surface area contributed by atoms with Crippen LogP contribution in [0.1, 0.15) is 30.2 Å². The fourth-order valence-electron chi connectivity index (χ4n) is 1.22. The minimum Gasteiger partial charge on any atom is -0.309 e. The van der Waals surface area contributed by atoms with Crippen LogP contribution in [0.5, 0.6) is 0 Å². The van der Waals surface area contributed by atoms with Gasteiger partial charge in [-0.05, 0) is 36.9 Å². The largest absolute Gasteiger partial charge is 0.309 e. The van der Waals surface area contributed by atoms with Crippen molar-refractivity contribution in [1.82, 2.24) is 5.32 Å². The summed E-state index contributed by atoms with van der Waals surface area (Å²) in [6.07, 6.45) is 3.68. The molecule has 1 heterocycles. The molecule has 14 heavy (non-hydrogen) atoms. The molecule has 1 rings (SSSR count). The zero-order valence-electron chi connectivity index (χ0n) is 8.89. The van der Waals surface area contributed by atoms with Crippen molar-refractivity contribution in [1.29, 1.82) is 0 Å². The normalized spacial score (nSPS) is 9.57. The van der Waals surface area contributed by atoms with E-state index in [1.54, 1.807) is 11.3 Å². The predicted molar refractivity (Wildman–Crippen MR) is 63.7 cm³/mol. The molecule has 76 valence electrons. The third kappa shape index (κ3) is 3.53. The van der Waals surface area contributed by atoms with Gasteiger partial charge in [0.2, 0.25) is 0 Å². The highest BCUT2D eigenvalue weighted by molar-refractivity contribution is 7.10. The molecule has 0 aliphatic rings. The lowest BCUT2D eigenvalue weighted by atomic mass is 10.1. The van der Waals surface area contributed by atoms with Crippen molar-refractivity contribution in [2.75, 3.05) is 13.6 Å². The van der Waals surface area contributed by atoms with Crippen molar-refractivity contribution in [3.63, 3.8) is 0 Å². The van der Waals surface area contributed by atoms with Crippen LogP contribution in [0.15, 0.2) is 11.4 Å². The summed E-state index contributed by atoms with van der Waals surface area (Å²) in [6, 6.07) is 2.20. The first-order chi connectivity index (χ1) is 6.88. The van der Waals surface area contributed by atoms with Crippen molar-refractivity contribution in [3.8, 4) is 11.8 Å². The Labute approximate surface area is 90.5 Å². The molecular weight excluding hydrogens is 190 g/mol. The van der Waals surface area contributed by atoms with Crippen LogP contribution in [-0.2, 0) is 6.42 Å². The van der Waals surface area contributed by atoms with Crippen LogP contribution in [0.3, 0.4) is 0 Å². The molecular formula is C12H17NS. The van der Waals surface area contributed by atoms with Gasteiger partial charge in [0.25, 0.3) is 0 Å². The summed E-state index contributed by atoms with van der Waals surface area (Å²) < 4.78 is 0. The zero-order chi connectivity index (χ0) is 10.2. The molecule has 0 bridgehead atoms. The van der Waals surface area contributed by atoms with Gasteiger partial charge >= 0.3 is 0 Å². The molecule has 2 heteroatoms. The molecule has 0 saturated heterocycles. The molecule has 1 N–H and O–H groups in total. The molecule has 1 nitrogen and oxygen atoms in total. The SMILES string of the molecule is CCCCc1ccsc1C#CCNC. The third-order valence-corrected chi connectivity index (χ3v) is 2.89. The van der Waals surface area contributed by atoms with E-state index in [0.29, 0.717) is 0 Å². The summed E-state index contributed by atoms with van der Waals surface area (Å²) in [5.74, 6) is 6.31. The number of rotatable bonds is 4. The molecule has 0 aliphatic carbocycles. The molecule has 0 fully saturated rings. The molecule has 1 aromatic rings. The monoisotopic (exact) mass is 207 g/mol. The Morgan fingerprint density at radius 1 is 1.50 bits per heavy atom. The Balaban J connectivity index is 2.59. The minimum absolute atomic E-state index is 0.769. The van der Waals surface area contributed by atoms with Gasteiger partial charge in [0.1, 0.15) is 0 Å². The summed E-state index contributed by atoms with van der Waals surface area (Å²) in [5.41, 5.74) is 1.42. The second kappa shape index (κ2) is 6.64. The van der Waals surface area contributed by atoms with Gasteiger partial charge in [0.15, 0.2) is 0 Å². The number of aryl methyl sites for hydroxylation is 1. The van der Waals surface area contributed by atoms with Gasteiger partial charge in [-0.1, -0.05) is 25.2 Å². The molecule has 0 amide bonds. The second-order valence-electron chi connectivity index (χ2n) is 3.21. The van der Waals surface area contributed by atoms with Crippen LogP contribution < -0.4 is 5.32 Å². The number of hydrogen-bond acceptors (Lipinski definition) is 2. The van der Waals surface area contributed by atoms with Gasteiger partial charge in [-0.15, -0.1) is 11.3 Å². The maximum absolute atomic E-state index is 3.21. The van der Waals surface area contributed by atoms with Crippen LogP contribution in [0.2, 0.25) is 0 Å². The molecule has 1 aromatic heterocycles. The first kappa shape index (κ1) is 11.3. The summed E-state index contributed by atoms with van der Waals surface area (Å²) in [7, 11) is 1.92. The number of thiophene rings is 1. The van der Waals surface area contributed by atoms with Gasteiger partial charge < -0.3 is 5.32 Å². The number of unbranched alkanes of at least 4 members (excludes halogenated alkanes) is 1. The van der Waals surface area contributed by atoms with E-state index in [0.717, 1.165) is 6.54 Å². The van der Waals surface area contributed by atoms with Gasteiger partial charge in [-0.3, -0.25) is 0 Å². The lowest BCUT2D eigenvalue weighted by Crippen LogP contribution is -2.04. The fourth-order valence-corrected chi connectivity index (χ4v) is 2.04. The van der Waals surface area contributed by atoms with E-state index in [1.165, 1.54) is 29.7 Å². The Hall–Kier alpha value is -0.780. The van der Waals surface area contributed by atoms with Crippen LogP contribution >= 0.6 is 11.3 Å². The Morgan fingerprint density at radius 2 is 2.36 bits per heavy atom. The van der Waals surface area contributed by atoms with E-state index < -0.39 is 0 Å². The predicted octanol–water partition coefficient (Wildman–Crippen LogP) is 2.66. The first-order valence-corrected chi connectivity index (χ1v) is 5.96. The minimum atomic E-state index is 0.769. The Morgan fingerprint density at radius 3 is 3.07 bits per heavy atom. The second-order valence-corrected chi connectivity index (χ2v) is 4.13. The van der Waals surface area contributed by atoms with Crippen molar-refractivity contribution < 1.29 is 0 Å². The number of hydrogen-bond donors (Lipinski definition) is 1. The van der Waals surface area contributed by atoms with Gasteiger partial charge in [0, 0.05) is 0 Å². The average Bonchev–Trinajstić information content (AvgIpc) is 2.63. The van der Waals surface area contributed by atoms with Gasteiger partial charge in [-0.2, -0.15) is 0 Å². The molecule has 0 aliphatic heterocycles. The van der Waals surface area contributed by atoms with Crippen molar-refractivity contribution in [2.24, 2.45) is 0 Å². The third-order valence-electron chi connectivity index (χ3n) is 2.01. The highest BCUT2D eigenvalue weighted by Crippen LogP contribution is 2.17. The molecule has 0 spiro atoms. The average molecular weight is 207 g/mol. The highest BCUT2D eigenvalue weighted by Gasteiger charge is 1.99. The van der Waals surface area contributed by atoms with Crippen LogP contribution in [0, 0.1) is 11.8 Å². The Kier molecular flexibility index (Phi) is 5.36. The lowest BCUT2D eigenvalue weighted by molar-refractivity contribution is 0.796. The van der Waals surface area contributed by atoms with E-state index in [9.17, 15) is 0 Å². The van der Waals surface area contributed by atoms with E-state index in [2.05, 4.69) is 35.5 Å². The van der Waals surface area contributed by atoms with Crippen LogP contribution in [0.4, 0.5) is 0 Å². The van der Waals surface area contributed by atoms with E-state index in [-0.39, 0.29) is 0 Å². The smallest absolute Gasteiger partial charge is 0.0800 e. The van der Waals surface area contributed by atoms with Crippen molar-refractivity contribution in [3.05, 3.63) is 21.9 Å². The molecule has 0 unspecified atom stereocenters. The van der Waals surface area contributed by atoms with E-state index >= 15 is 0 Å². The zero-order valence-corrected chi connectivity index (χ0v) is 9.71. The molecule has 0 radical (unpaired) electrons. The van der Waals surface area contributed by atoms with Gasteiger partial charge in [-0.25, -0.2) is 0 Å². The van der Waals surface area contributed by atoms with E-state index in [1.807, 2.05) is 7.05 Å².